The number of rotatable bonds is 10. The Morgan fingerprint density at radius 2 is 1.83 bits per heavy atom. The topological polar surface area (TPSA) is 148 Å². The quantitative estimate of drug-likeness (QED) is 0.178. The number of hydrogen-bond acceptors (Lipinski definition) is 9. The first-order chi connectivity index (χ1) is 21.4. The van der Waals surface area contributed by atoms with Gasteiger partial charge in [-0.25, -0.2) is 37.5 Å². The van der Waals surface area contributed by atoms with Crippen molar-refractivity contribution in [2.24, 2.45) is 0 Å². The molecule has 2 heterocycles. The molecule has 0 radical (unpaired) electrons. The monoisotopic (exact) mass is 655 g/mol. The highest BCUT2D eigenvalue weighted by Gasteiger charge is 2.40. The van der Waals surface area contributed by atoms with E-state index in [0.29, 0.717) is 11.6 Å². The Morgan fingerprint density at radius 1 is 1.15 bits per heavy atom. The molecule has 1 atom stereocenters. The molecule has 246 valence electrons. The van der Waals surface area contributed by atoms with E-state index in [0.717, 1.165) is 17.1 Å². The van der Waals surface area contributed by atoms with Crippen LogP contribution in [0.25, 0.3) is 17.1 Å². The van der Waals surface area contributed by atoms with Gasteiger partial charge in [0.1, 0.15) is 24.0 Å². The van der Waals surface area contributed by atoms with Crippen molar-refractivity contribution in [1.82, 2.24) is 30.3 Å². The van der Waals surface area contributed by atoms with E-state index in [1.165, 1.54) is 57.0 Å². The van der Waals surface area contributed by atoms with Crippen LogP contribution in [0.15, 0.2) is 51.9 Å². The average Bonchev–Trinajstić information content (AvgIpc) is 3.61. The Bertz CT molecular complexity index is 1760. The third-order valence-electron chi connectivity index (χ3n) is 6.27. The molecule has 0 bridgehead atoms. The van der Waals surface area contributed by atoms with Crippen LogP contribution in [-0.2, 0) is 28.2 Å². The van der Waals surface area contributed by atoms with E-state index in [9.17, 15) is 27.6 Å². The van der Waals surface area contributed by atoms with Crippen LogP contribution in [0.2, 0.25) is 0 Å². The number of amides is 1. The molecule has 0 saturated heterocycles. The molecule has 0 fully saturated rings. The van der Waals surface area contributed by atoms with Gasteiger partial charge in [0.15, 0.2) is 0 Å². The highest BCUT2D eigenvalue weighted by molar-refractivity contribution is 5.74. The lowest BCUT2D eigenvalue weighted by Crippen LogP contribution is -2.42. The summed E-state index contributed by atoms with van der Waals surface area (Å²) in [5, 5.41) is 11.0. The van der Waals surface area contributed by atoms with E-state index in [2.05, 4.69) is 20.5 Å². The van der Waals surface area contributed by atoms with Gasteiger partial charge in [0, 0.05) is 31.3 Å². The Labute approximate surface area is 256 Å². The van der Waals surface area contributed by atoms with E-state index in [1.807, 2.05) is 5.10 Å². The van der Waals surface area contributed by atoms with Crippen LogP contribution in [0, 0.1) is 5.82 Å². The van der Waals surface area contributed by atoms with Crippen molar-refractivity contribution >= 4 is 18.1 Å². The van der Waals surface area contributed by atoms with Gasteiger partial charge in [-0.3, -0.25) is 0 Å². The molecule has 4 aromatic rings. The van der Waals surface area contributed by atoms with Gasteiger partial charge in [-0.2, -0.15) is 13.2 Å². The highest BCUT2D eigenvalue weighted by atomic mass is 19.4. The molecule has 4 rings (SSSR count). The summed E-state index contributed by atoms with van der Waals surface area (Å²) >= 11 is 0. The zero-order valence-electron chi connectivity index (χ0n) is 24.7. The molecular formula is C28H27F6N7O5. The minimum absolute atomic E-state index is 0.0859. The molecule has 2 aromatic heterocycles. The van der Waals surface area contributed by atoms with Crippen molar-refractivity contribution in [3.63, 3.8) is 0 Å². The van der Waals surface area contributed by atoms with Gasteiger partial charge < -0.3 is 24.2 Å². The number of ether oxygens (including phenoxy) is 1. The molecule has 1 amide bonds. The van der Waals surface area contributed by atoms with Gasteiger partial charge in [-0.1, -0.05) is 12.1 Å². The molecule has 2 N–H and O–H groups in total. The van der Waals surface area contributed by atoms with Crippen molar-refractivity contribution in [1.29, 1.82) is 0 Å². The molecule has 0 saturated carbocycles. The van der Waals surface area contributed by atoms with Crippen LogP contribution in [0.5, 0.6) is 0 Å². The summed E-state index contributed by atoms with van der Waals surface area (Å²) in [7, 11) is 1.40. The van der Waals surface area contributed by atoms with Crippen molar-refractivity contribution in [3.05, 3.63) is 76.0 Å². The first kappa shape index (κ1) is 33.7. The van der Waals surface area contributed by atoms with E-state index < -0.39 is 70.7 Å². The number of aromatic amines is 1. The summed E-state index contributed by atoms with van der Waals surface area (Å²) in [5.41, 5.74) is -1.81. The number of aromatic nitrogens is 5. The Morgan fingerprint density at radius 3 is 2.37 bits per heavy atom. The molecule has 2 aromatic carbocycles. The number of hydrogen-bond donors (Lipinski definition) is 2. The van der Waals surface area contributed by atoms with Crippen LogP contribution in [0.4, 0.5) is 36.8 Å². The second-order valence-corrected chi connectivity index (χ2v) is 11.1. The molecule has 0 aliphatic rings. The summed E-state index contributed by atoms with van der Waals surface area (Å²) in [6, 6.07) is 5.63. The first-order valence-corrected chi connectivity index (χ1v) is 13.4. The lowest BCUT2D eigenvalue weighted by Gasteiger charge is -2.29. The number of anilines is 1. The third kappa shape index (κ3) is 8.10. The number of alkyl halides is 5. The molecule has 18 heteroatoms. The summed E-state index contributed by atoms with van der Waals surface area (Å²) < 4.78 is 96.3. The summed E-state index contributed by atoms with van der Waals surface area (Å²) in [6.45, 7) is 4.53. The van der Waals surface area contributed by atoms with Gasteiger partial charge in [0.25, 0.3) is 17.6 Å². The number of nitrogens with zero attached hydrogens (tertiary/aromatic N) is 5. The Balaban J connectivity index is 1.66. The van der Waals surface area contributed by atoms with Crippen molar-refractivity contribution < 1.29 is 45.1 Å². The minimum atomic E-state index is -4.74. The zero-order valence-corrected chi connectivity index (χ0v) is 24.7. The summed E-state index contributed by atoms with van der Waals surface area (Å²) in [6.07, 6.45) is -6.14. The number of alkyl carbamates (subject to hydrolysis) is 1. The first-order valence-electron chi connectivity index (χ1n) is 13.4. The normalized spacial score (nSPS) is 12.9. The minimum Gasteiger partial charge on any atom is -0.444 e. The van der Waals surface area contributed by atoms with Crippen LogP contribution in [0.1, 0.15) is 44.1 Å². The fourth-order valence-electron chi connectivity index (χ4n) is 4.29. The van der Waals surface area contributed by atoms with Gasteiger partial charge in [-0.05, 0) is 50.6 Å². The molecule has 46 heavy (non-hydrogen) atoms. The van der Waals surface area contributed by atoms with E-state index in [-0.39, 0.29) is 24.2 Å². The average molecular weight is 656 g/mol. The third-order valence-corrected chi connectivity index (χ3v) is 6.27. The molecule has 0 aliphatic heterocycles. The smallest absolute Gasteiger partial charge is 0.444 e. The molecule has 0 spiro atoms. The predicted octanol–water partition coefficient (Wildman–Crippen LogP) is 4.98. The van der Waals surface area contributed by atoms with Gasteiger partial charge in [0.05, 0.1) is 17.3 Å². The lowest BCUT2D eigenvalue weighted by molar-refractivity contribution is -0.144. The number of nitrogens with one attached hydrogen (secondary N) is 2. The Kier molecular flexibility index (Phi) is 9.30. The van der Waals surface area contributed by atoms with Gasteiger partial charge >= 0.3 is 18.0 Å². The lowest BCUT2D eigenvalue weighted by atomic mass is 9.96. The zero-order chi connectivity index (χ0) is 34.0. The number of carbonyl (C=O) groups is 2. The van der Waals surface area contributed by atoms with Crippen molar-refractivity contribution in [2.75, 3.05) is 11.9 Å². The number of halogens is 6. The SMILES string of the molecule is CN(Cc1ccc(-n2cnc(C(F)(F)F)n2)cc1)c1cc(-c2n[nH]c(=O)o2)c(F)cc1C(F)(F)CC(C=O)NC(=O)OC(C)(C)C. The largest absolute Gasteiger partial charge is 0.453 e. The maximum absolute atomic E-state index is 15.9. The van der Waals surface area contributed by atoms with Crippen LogP contribution < -0.4 is 16.0 Å². The fourth-order valence-corrected chi connectivity index (χ4v) is 4.29. The second-order valence-electron chi connectivity index (χ2n) is 11.1. The molecule has 0 aliphatic carbocycles. The maximum Gasteiger partial charge on any atom is 0.453 e. The fraction of sp³-hybridized carbons (Fsp3) is 0.357. The van der Waals surface area contributed by atoms with Crippen molar-refractivity contribution in [2.45, 2.75) is 57.5 Å². The van der Waals surface area contributed by atoms with E-state index in [4.69, 9.17) is 9.15 Å². The van der Waals surface area contributed by atoms with E-state index in [1.54, 1.807) is 0 Å². The number of H-pyrrole nitrogens is 1. The standard InChI is InChI=1S/C28H27F6N7O5/c1-26(2,3)46-24(43)36-16(13-42)11-27(30,31)19-10-20(29)18(22-37-38-25(44)45-22)9-21(19)40(4)12-15-5-7-17(8-6-15)41-14-35-23(39-41)28(32,33)34/h5-10,13-14,16H,11-12H2,1-4H3,(H,36,43)(H,38,44). The van der Waals surface area contributed by atoms with Crippen LogP contribution in [-0.4, -0.2) is 56.0 Å². The maximum atomic E-state index is 15.9. The van der Waals surface area contributed by atoms with Gasteiger partial charge in [-0.15, -0.1) is 10.2 Å². The number of benzene rings is 2. The van der Waals surface area contributed by atoms with E-state index >= 15 is 13.2 Å². The molecular weight excluding hydrogens is 628 g/mol. The van der Waals surface area contributed by atoms with Crippen LogP contribution in [0.3, 0.4) is 0 Å². The number of aldehydes is 1. The van der Waals surface area contributed by atoms with Gasteiger partial charge in [0.2, 0.25) is 0 Å². The number of carbonyl (C=O) groups excluding carboxylic acids is 2. The molecule has 12 nitrogen and oxygen atoms in total. The molecule has 1 unspecified atom stereocenters. The van der Waals surface area contributed by atoms with Crippen LogP contribution >= 0.6 is 0 Å². The summed E-state index contributed by atoms with van der Waals surface area (Å²) in [5.74, 6) is -8.00. The second kappa shape index (κ2) is 12.7. The highest BCUT2D eigenvalue weighted by Crippen LogP contribution is 2.42. The Hall–Kier alpha value is -5.16. The summed E-state index contributed by atoms with van der Waals surface area (Å²) in [4.78, 5) is 39.8. The van der Waals surface area contributed by atoms with Crippen molar-refractivity contribution in [3.8, 4) is 17.1 Å². The predicted molar refractivity (Wildman–Crippen MR) is 149 cm³/mol.